The van der Waals surface area contributed by atoms with E-state index in [1.54, 1.807) is 32.2 Å². The molecule has 1 rings (SSSR count). The minimum absolute atomic E-state index is 0.170. The van der Waals surface area contributed by atoms with Gasteiger partial charge in [-0.25, -0.2) is 0 Å². The monoisotopic (exact) mass is 211 g/mol. The average molecular weight is 211 g/mol. The molecule has 0 saturated carbocycles. The van der Waals surface area contributed by atoms with Crippen LogP contribution in [0.5, 0.6) is 0 Å². The standard InChI is InChI=1S/C11H17NO3/c1-8(13)12(9(2)14)7-10-5-3-4-6-11(10)15/h3-4,6-9,13-15H,5H2,1-2H3. The smallest absolute Gasteiger partial charge is 0.125 e. The van der Waals surface area contributed by atoms with Crippen molar-refractivity contribution in [2.24, 2.45) is 0 Å². The van der Waals surface area contributed by atoms with E-state index in [1.165, 1.54) is 4.90 Å². The minimum Gasteiger partial charge on any atom is -0.508 e. The van der Waals surface area contributed by atoms with E-state index in [1.807, 2.05) is 6.08 Å². The Bertz CT molecular complexity index is 295. The van der Waals surface area contributed by atoms with Crippen molar-refractivity contribution in [3.63, 3.8) is 0 Å². The molecule has 0 saturated heterocycles. The van der Waals surface area contributed by atoms with Gasteiger partial charge in [0.1, 0.15) is 18.2 Å². The van der Waals surface area contributed by atoms with Crippen LogP contribution in [-0.2, 0) is 0 Å². The first-order valence-electron chi connectivity index (χ1n) is 4.93. The highest BCUT2D eigenvalue weighted by Crippen LogP contribution is 2.19. The number of aliphatic hydroxyl groups is 3. The molecule has 0 aromatic carbocycles. The number of hydrogen-bond acceptors (Lipinski definition) is 4. The van der Waals surface area contributed by atoms with E-state index in [4.69, 9.17) is 0 Å². The SMILES string of the molecule is CC(O)N(C=C1CC=CC=C1O)C(C)O. The molecule has 0 aromatic rings. The molecule has 0 aromatic heterocycles. The first-order chi connectivity index (χ1) is 7.02. The molecule has 4 heteroatoms. The molecule has 0 amide bonds. The first kappa shape index (κ1) is 11.8. The molecule has 2 atom stereocenters. The molecule has 4 nitrogen and oxygen atoms in total. The number of rotatable bonds is 3. The maximum Gasteiger partial charge on any atom is 0.125 e. The molecule has 3 N–H and O–H groups in total. The molecular formula is C11H17NO3. The third-order valence-corrected chi connectivity index (χ3v) is 2.22. The molecule has 0 fully saturated rings. The number of nitrogens with zero attached hydrogens (tertiary/aromatic N) is 1. The van der Waals surface area contributed by atoms with E-state index < -0.39 is 12.5 Å². The Morgan fingerprint density at radius 3 is 2.40 bits per heavy atom. The van der Waals surface area contributed by atoms with Crippen LogP contribution in [0.15, 0.2) is 35.8 Å². The second-order valence-electron chi connectivity index (χ2n) is 3.55. The molecule has 15 heavy (non-hydrogen) atoms. The lowest BCUT2D eigenvalue weighted by Gasteiger charge is -2.28. The van der Waals surface area contributed by atoms with E-state index in [0.29, 0.717) is 12.0 Å². The van der Waals surface area contributed by atoms with Crippen molar-refractivity contribution in [1.29, 1.82) is 0 Å². The summed E-state index contributed by atoms with van der Waals surface area (Å²) in [5.41, 5.74) is 0.680. The van der Waals surface area contributed by atoms with E-state index in [2.05, 4.69) is 0 Å². The van der Waals surface area contributed by atoms with Crippen LogP contribution < -0.4 is 0 Å². The Kier molecular flexibility index (Phi) is 3.94. The summed E-state index contributed by atoms with van der Waals surface area (Å²) >= 11 is 0. The topological polar surface area (TPSA) is 63.9 Å². The molecule has 1 aliphatic carbocycles. The normalized spacial score (nSPS) is 22.4. The lowest BCUT2D eigenvalue weighted by atomic mass is 10.1. The van der Waals surface area contributed by atoms with Gasteiger partial charge in [-0.15, -0.1) is 0 Å². The predicted octanol–water partition coefficient (Wildman–Crippen LogP) is 1.25. The van der Waals surface area contributed by atoms with Gasteiger partial charge >= 0.3 is 0 Å². The zero-order valence-corrected chi connectivity index (χ0v) is 8.96. The number of aliphatic hydroxyl groups excluding tert-OH is 3. The van der Waals surface area contributed by atoms with Crippen LogP contribution >= 0.6 is 0 Å². The Hall–Kier alpha value is -1.26. The molecule has 0 aliphatic heterocycles. The molecule has 0 spiro atoms. The van der Waals surface area contributed by atoms with Crippen LogP contribution in [0, 0.1) is 0 Å². The lowest BCUT2D eigenvalue weighted by Crippen LogP contribution is -2.36. The summed E-state index contributed by atoms with van der Waals surface area (Å²) in [6.45, 7) is 3.12. The second kappa shape index (κ2) is 5.00. The summed E-state index contributed by atoms with van der Waals surface area (Å²) in [6.07, 6.45) is 5.82. The van der Waals surface area contributed by atoms with Crippen LogP contribution in [0.25, 0.3) is 0 Å². The van der Waals surface area contributed by atoms with E-state index >= 15 is 0 Å². The van der Waals surface area contributed by atoms with Crippen molar-refractivity contribution in [3.8, 4) is 0 Å². The Balaban J connectivity index is 2.84. The van der Waals surface area contributed by atoms with Crippen molar-refractivity contribution in [2.75, 3.05) is 0 Å². The van der Waals surface area contributed by atoms with Crippen molar-refractivity contribution >= 4 is 0 Å². The highest BCUT2D eigenvalue weighted by molar-refractivity contribution is 5.34. The zero-order chi connectivity index (χ0) is 11.4. The van der Waals surface area contributed by atoms with Crippen molar-refractivity contribution in [1.82, 2.24) is 4.90 Å². The van der Waals surface area contributed by atoms with Crippen LogP contribution in [-0.4, -0.2) is 32.7 Å². The van der Waals surface area contributed by atoms with Gasteiger partial charge in [-0.05, 0) is 26.3 Å². The van der Waals surface area contributed by atoms with E-state index in [0.717, 1.165) is 0 Å². The van der Waals surface area contributed by atoms with Gasteiger partial charge in [0.15, 0.2) is 0 Å². The van der Waals surface area contributed by atoms with Gasteiger partial charge < -0.3 is 20.2 Å². The summed E-state index contributed by atoms with van der Waals surface area (Å²) in [5.74, 6) is 0.170. The van der Waals surface area contributed by atoms with Crippen LogP contribution in [0.2, 0.25) is 0 Å². The average Bonchev–Trinajstić information content (AvgIpc) is 2.15. The molecule has 0 radical (unpaired) electrons. The summed E-state index contributed by atoms with van der Waals surface area (Å²) < 4.78 is 0. The quantitative estimate of drug-likeness (QED) is 0.615. The fourth-order valence-electron chi connectivity index (χ4n) is 1.39. The molecule has 0 bridgehead atoms. The highest BCUT2D eigenvalue weighted by atomic mass is 16.3. The Labute approximate surface area is 89.5 Å². The van der Waals surface area contributed by atoms with E-state index in [9.17, 15) is 15.3 Å². The van der Waals surface area contributed by atoms with Gasteiger partial charge in [0.2, 0.25) is 0 Å². The first-order valence-corrected chi connectivity index (χ1v) is 4.93. The maximum absolute atomic E-state index is 9.53. The Morgan fingerprint density at radius 2 is 1.93 bits per heavy atom. The molecular weight excluding hydrogens is 194 g/mol. The van der Waals surface area contributed by atoms with Gasteiger partial charge in [0.05, 0.1) is 0 Å². The largest absolute Gasteiger partial charge is 0.508 e. The summed E-state index contributed by atoms with van der Waals surface area (Å²) in [5, 5.41) is 28.3. The predicted molar refractivity (Wildman–Crippen MR) is 57.8 cm³/mol. The molecule has 1 aliphatic rings. The fraction of sp³-hybridized carbons (Fsp3) is 0.455. The third-order valence-electron chi connectivity index (χ3n) is 2.22. The third kappa shape index (κ3) is 3.11. The second-order valence-corrected chi connectivity index (χ2v) is 3.55. The van der Waals surface area contributed by atoms with E-state index in [-0.39, 0.29) is 5.76 Å². The van der Waals surface area contributed by atoms with Gasteiger partial charge in [0.25, 0.3) is 0 Å². The highest BCUT2D eigenvalue weighted by Gasteiger charge is 2.14. The number of allylic oxidation sites excluding steroid dienone is 4. The zero-order valence-electron chi connectivity index (χ0n) is 8.96. The van der Waals surface area contributed by atoms with Gasteiger partial charge in [0, 0.05) is 11.8 Å². The van der Waals surface area contributed by atoms with Gasteiger partial charge in [-0.1, -0.05) is 12.2 Å². The van der Waals surface area contributed by atoms with Crippen molar-refractivity contribution in [2.45, 2.75) is 32.7 Å². The van der Waals surface area contributed by atoms with Gasteiger partial charge in [-0.3, -0.25) is 0 Å². The summed E-state index contributed by atoms with van der Waals surface area (Å²) in [7, 11) is 0. The van der Waals surface area contributed by atoms with Gasteiger partial charge in [-0.2, -0.15) is 0 Å². The molecule has 84 valence electrons. The molecule has 2 unspecified atom stereocenters. The Morgan fingerprint density at radius 1 is 1.33 bits per heavy atom. The number of hydrogen-bond donors (Lipinski definition) is 3. The summed E-state index contributed by atoms with van der Waals surface area (Å²) in [4.78, 5) is 1.37. The maximum atomic E-state index is 9.53. The molecule has 0 heterocycles. The fourth-order valence-corrected chi connectivity index (χ4v) is 1.39. The summed E-state index contributed by atoms with van der Waals surface area (Å²) in [6, 6.07) is 0. The van der Waals surface area contributed by atoms with Crippen LogP contribution in [0.1, 0.15) is 20.3 Å². The lowest BCUT2D eigenvalue weighted by molar-refractivity contribution is -0.0518. The van der Waals surface area contributed by atoms with Crippen LogP contribution in [0.3, 0.4) is 0 Å². The van der Waals surface area contributed by atoms with Crippen molar-refractivity contribution in [3.05, 3.63) is 35.8 Å². The van der Waals surface area contributed by atoms with Crippen LogP contribution in [0.4, 0.5) is 0 Å². The van der Waals surface area contributed by atoms with Crippen molar-refractivity contribution < 1.29 is 15.3 Å². The minimum atomic E-state index is -0.795.